The van der Waals surface area contributed by atoms with E-state index in [2.05, 4.69) is 0 Å². The minimum Gasteiger partial charge on any atom is -0.433 e. The van der Waals surface area contributed by atoms with Gasteiger partial charge in [-0.1, -0.05) is 6.92 Å². The summed E-state index contributed by atoms with van der Waals surface area (Å²) in [7, 11) is 0. The Morgan fingerprint density at radius 1 is 1.26 bits per heavy atom. The van der Waals surface area contributed by atoms with Crippen molar-refractivity contribution in [2.45, 2.75) is 27.7 Å². The second kappa shape index (κ2) is 5.69. The third-order valence-electron chi connectivity index (χ3n) is 3.47. The Bertz CT molecular complexity index is 363. The smallest absolute Gasteiger partial charge is 0.433 e. The molecule has 0 aromatic rings. The van der Waals surface area contributed by atoms with Crippen LogP contribution in [0.4, 0.5) is 4.79 Å². The summed E-state index contributed by atoms with van der Waals surface area (Å²) in [6, 6.07) is 0. The molecule has 0 radical (unpaired) electrons. The van der Waals surface area contributed by atoms with Crippen molar-refractivity contribution in [3.05, 3.63) is 0 Å². The highest BCUT2D eigenvalue weighted by atomic mass is 16.7. The van der Waals surface area contributed by atoms with Gasteiger partial charge in [-0.05, 0) is 20.8 Å². The summed E-state index contributed by atoms with van der Waals surface area (Å²) in [5.41, 5.74) is -1.58. The molecule has 0 saturated carbocycles. The molecule has 1 saturated heterocycles. The van der Waals surface area contributed by atoms with Crippen LogP contribution in [0, 0.1) is 10.8 Å². The minimum absolute atomic E-state index is 0.0151. The average molecular weight is 272 g/mol. The molecule has 108 valence electrons. The summed E-state index contributed by atoms with van der Waals surface area (Å²) in [5, 5.41) is 0. The van der Waals surface area contributed by atoms with Gasteiger partial charge in [0.05, 0.1) is 18.6 Å². The number of carbonyl (C=O) groups excluding carboxylic acids is 3. The van der Waals surface area contributed by atoms with E-state index in [-0.39, 0.29) is 38.0 Å². The van der Waals surface area contributed by atoms with Crippen molar-refractivity contribution in [1.82, 2.24) is 0 Å². The second-order valence-electron chi connectivity index (χ2n) is 5.58. The third-order valence-corrected chi connectivity index (χ3v) is 3.47. The number of cyclic esters (lactones) is 2. The highest BCUT2D eigenvalue weighted by Crippen LogP contribution is 2.25. The van der Waals surface area contributed by atoms with Gasteiger partial charge < -0.3 is 14.2 Å². The Kier molecular flexibility index (Phi) is 4.68. The molecular weight excluding hydrogens is 252 g/mol. The van der Waals surface area contributed by atoms with Gasteiger partial charge in [0, 0.05) is 0 Å². The second-order valence-corrected chi connectivity index (χ2v) is 5.58. The van der Waals surface area contributed by atoms with Crippen LogP contribution in [0.1, 0.15) is 27.7 Å². The molecule has 6 heteroatoms. The molecule has 0 spiro atoms. The molecule has 1 aliphatic rings. The van der Waals surface area contributed by atoms with Gasteiger partial charge in [0.2, 0.25) is 0 Å². The Hall–Kier alpha value is -1.43. The first-order chi connectivity index (χ1) is 8.69. The van der Waals surface area contributed by atoms with E-state index in [0.29, 0.717) is 0 Å². The summed E-state index contributed by atoms with van der Waals surface area (Å²) >= 11 is 0. The first kappa shape index (κ1) is 15.6. The average Bonchev–Trinajstić information content (AvgIpc) is 2.32. The molecule has 1 fully saturated rings. The van der Waals surface area contributed by atoms with Gasteiger partial charge in [-0.3, -0.25) is 9.59 Å². The van der Waals surface area contributed by atoms with Gasteiger partial charge in [0.25, 0.3) is 0 Å². The number of Topliss-reactive ketones (excluding diaryl/α,β-unsaturated/α-hetero) is 2. The lowest BCUT2D eigenvalue weighted by Gasteiger charge is -2.33. The van der Waals surface area contributed by atoms with Gasteiger partial charge in [0.15, 0.2) is 0 Å². The standard InChI is InChI=1S/C13H20O6/c1-9(14)13(4,10(2)15)8-17-5-12(3)6-18-11(16)19-7-12/h5-8H2,1-4H3. The monoisotopic (exact) mass is 272 g/mol. The lowest BCUT2D eigenvalue weighted by molar-refractivity contribution is -0.144. The quantitative estimate of drug-likeness (QED) is 0.536. The number of rotatable bonds is 6. The summed E-state index contributed by atoms with van der Waals surface area (Å²) < 4.78 is 15.1. The van der Waals surface area contributed by atoms with Gasteiger partial charge in [-0.15, -0.1) is 0 Å². The molecule has 1 aliphatic heterocycles. The van der Waals surface area contributed by atoms with Crippen molar-refractivity contribution in [2.75, 3.05) is 26.4 Å². The Morgan fingerprint density at radius 2 is 1.74 bits per heavy atom. The molecule has 6 nitrogen and oxygen atoms in total. The van der Waals surface area contributed by atoms with E-state index in [0.717, 1.165) is 0 Å². The fourth-order valence-electron chi connectivity index (χ4n) is 1.59. The van der Waals surface area contributed by atoms with Crippen LogP contribution >= 0.6 is 0 Å². The van der Waals surface area contributed by atoms with E-state index in [1.54, 1.807) is 6.92 Å². The number of carbonyl (C=O) groups is 3. The van der Waals surface area contributed by atoms with E-state index in [1.165, 1.54) is 13.8 Å². The maximum Gasteiger partial charge on any atom is 0.508 e. The number of hydrogen-bond acceptors (Lipinski definition) is 6. The topological polar surface area (TPSA) is 78.9 Å². The fraction of sp³-hybridized carbons (Fsp3) is 0.769. The number of ketones is 2. The van der Waals surface area contributed by atoms with E-state index < -0.39 is 17.0 Å². The van der Waals surface area contributed by atoms with E-state index >= 15 is 0 Å². The molecule has 0 aromatic carbocycles. The van der Waals surface area contributed by atoms with Gasteiger partial charge >= 0.3 is 6.16 Å². The fourth-order valence-corrected chi connectivity index (χ4v) is 1.59. The van der Waals surface area contributed by atoms with Crippen molar-refractivity contribution < 1.29 is 28.6 Å². The number of ether oxygens (including phenoxy) is 3. The van der Waals surface area contributed by atoms with Gasteiger partial charge in [-0.2, -0.15) is 0 Å². The number of hydrogen-bond donors (Lipinski definition) is 0. The first-order valence-electron chi connectivity index (χ1n) is 6.09. The van der Waals surface area contributed by atoms with Crippen LogP contribution < -0.4 is 0 Å². The van der Waals surface area contributed by atoms with Crippen LogP contribution in [0.2, 0.25) is 0 Å². The summed E-state index contributed by atoms with van der Waals surface area (Å²) in [5.74, 6) is -0.451. The lowest BCUT2D eigenvalue weighted by atomic mass is 9.83. The molecular formula is C13H20O6. The zero-order valence-electron chi connectivity index (χ0n) is 11.8. The van der Waals surface area contributed by atoms with E-state index in [4.69, 9.17) is 14.2 Å². The third kappa shape index (κ3) is 3.76. The predicted molar refractivity (Wildman–Crippen MR) is 65.7 cm³/mol. The Labute approximate surface area is 112 Å². The van der Waals surface area contributed by atoms with Crippen LogP contribution in [0.15, 0.2) is 0 Å². The van der Waals surface area contributed by atoms with Crippen LogP contribution in [-0.2, 0) is 23.8 Å². The van der Waals surface area contributed by atoms with Gasteiger partial charge in [-0.25, -0.2) is 4.79 Å². The highest BCUT2D eigenvalue weighted by molar-refractivity contribution is 6.04. The van der Waals surface area contributed by atoms with Crippen LogP contribution in [0.25, 0.3) is 0 Å². The van der Waals surface area contributed by atoms with Crippen LogP contribution in [0.5, 0.6) is 0 Å². The Balaban J connectivity index is 2.51. The summed E-state index contributed by atoms with van der Waals surface area (Å²) in [6.45, 7) is 6.81. The molecule has 0 aromatic heterocycles. The first-order valence-corrected chi connectivity index (χ1v) is 6.09. The van der Waals surface area contributed by atoms with Crippen molar-refractivity contribution in [2.24, 2.45) is 10.8 Å². The lowest BCUT2D eigenvalue weighted by Crippen LogP contribution is -2.43. The summed E-state index contributed by atoms with van der Waals surface area (Å²) in [4.78, 5) is 33.8. The molecule has 1 heterocycles. The Morgan fingerprint density at radius 3 is 2.16 bits per heavy atom. The predicted octanol–water partition coefficient (Wildman–Crippen LogP) is 1.36. The molecule has 0 unspecified atom stereocenters. The molecule has 0 bridgehead atoms. The van der Waals surface area contributed by atoms with Gasteiger partial charge in [0.1, 0.15) is 30.2 Å². The van der Waals surface area contributed by atoms with Crippen molar-refractivity contribution >= 4 is 17.7 Å². The molecule has 0 amide bonds. The highest BCUT2D eigenvalue weighted by Gasteiger charge is 2.38. The summed E-state index contributed by atoms with van der Waals surface area (Å²) in [6.07, 6.45) is -0.685. The molecule has 19 heavy (non-hydrogen) atoms. The largest absolute Gasteiger partial charge is 0.508 e. The van der Waals surface area contributed by atoms with Crippen LogP contribution in [-0.4, -0.2) is 44.1 Å². The normalized spacial score (nSPS) is 18.4. The zero-order valence-corrected chi connectivity index (χ0v) is 11.8. The van der Waals surface area contributed by atoms with Crippen molar-refractivity contribution in [3.63, 3.8) is 0 Å². The SMILES string of the molecule is CC(=O)C(C)(COCC1(C)COC(=O)OC1)C(C)=O. The maximum atomic E-state index is 11.5. The minimum atomic E-state index is -1.12. The van der Waals surface area contributed by atoms with E-state index in [9.17, 15) is 14.4 Å². The van der Waals surface area contributed by atoms with E-state index in [1.807, 2.05) is 6.92 Å². The molecule has 1 rings (SSSR count). The zero-order chi connectivity index (χ0) is 14.7. The molecule has 0 N–H and O–H groups in total. The maximum absolute atomic E-state index is 11.5. The molecule has 0 atom stereocenters. The van der Waals surface area contributed by atoms with Crippen molar-refractivity contribution in [3.8, 4) is 0 Å². The van der Waals surface area contributed by atoms with Crippen molar-refractivity contribution in [1.29, 1.82) is 0 Å². The molecule has 0 aliphatic carbocycles. The van der Waals surface area contributed by atoms with Crippen LogP contribution in [0.3, 0.4) is 0 Å².